The van der Waals surface area contributed by atoms with E-state index in [4.69, 9.17) is 11.6 Å². The van der Waals surface area contributed by atoms with E-state index in [2.05, 4.69) is 10.2 Å². The molecule has 1 amide bonds. The molecule has 0 saturated carbocycles. The summed E-state index contributed by atoms with van der Waals surface area (Å²) in [6.45, 7) is 2.95. The zero-order chi connectivity index (χ0) is 19.4. The maximum atomic E-state index is 13.1. The van der Waals surface area contributed by atoms with E-state index in [1.54, 1.807) is 12.1 Å². The molecule has 7 heteroatoms. The Kier molecular flexibility index (Phi) is 6.07. The third-order valence-electron chi connectivity index (χ3n) is 4.61. The molecule has 3 nitrogen and oxygen atoms in total. The summed E-state index contributed by atoms with van der Waals surface area (Å²) in [4.78, 5) is 14.7. The molecular formula is C20H20ClF3N2O. The van der Waals surface area contributed by atoms with Crippen molar-refractivity contribution in [3.63, 3.8) is 0 Å². The SMILES string of the molecule is O=C(Nc1ccc(Cl)cc1C(F)(F)F)c1ccc(CN2CCCCC2)cc1. The van der Waals surface area contributed by atoms with Gasteiger partial charge in [0.2, 0.25) is 0 Å². The van der Waals surface area contributed by atoms with Crippen LogP contribution in [0.3, 0.4) is 0 Å². The number of hydrogen-bond acceptors (Lipinski definition) is 2. The molecule has 1 fully saturated rings. The first-order chi connectivity index (χ1) is 12.8. The first kappa shape index (κ1) is 19.7. The quantitative estimate of drug-likeness (QED) is 0.729. The largest absolute Gasteiger partial charge is 0.418 e. The number of amides is 1. The van der Waals surface area contributed by atoms with Crippen LogP contribution in [0.2, 0.25) is 5.02 Å². The number of rotatable bonds is 4. The van der Waals surface area contributed by atoms with Crippen molar-refractivity contribution in [2.45, 2.75) is 32.0 Å². The summed E-state index contributed by atoms with van der Waals surface area (Å²) < 4.78 is 39.4. The van der Waals surface area contributed by atoms with Gasteiger partial charge in [-0.3, -0.25) is 9.69 Å². The van der Waals surface area contributed by atoms with Crippen LogP contribution >= 0.6 is 11.6 Å². The van der Waals surface area contributed by atoms with Gasteiger partial charge in [0.1, 0.15) is 0 Å². The van der Waals surface area contributed by atoms with Crippen molar-refractivity contribution < 1.29 is 18.0 Å². The van der Waals surface area contributed by atoms with Crippen molar-refractivity contribution in [2.24, 2.45) is 0 Å². The van der Waals surface area contributed by atoms with Crippen LogP contribution in [0.15, 0.2) is 42.5 Å². The van der Waals surface area contributed by atoms with Crippen LogP contribution in [0.1, 0.15) is 40.7 Å². The molecule has 3 rings (SSSR count). The van der Waals surface area contributed by atoms with E-state index in [-0.39, 0.29) is 10.7 Å². The van der Waals surface area contributed by atoms with E-state index in [0.717, 1.165) is 37.3 Å². The van der Waals surface area contributed by atoms with E-state index < -0.39 is 17.6 Å². The number of piperidine rings is 1. The number of carbonyl (C=O) groups excluding carboxylic acids is 1. The van der Waals surface area contributed by atoms with Gasteiger partial charge in [0, 0.05) is 17.1 Å². The minimum Gasteiger partial charge on any atom is -0.321 e. The van der Waals surface area contributed by atoms with Gasteiger partial charge < -0.3 is 5.32 Å². The maximum Gasteiger partial charge on any atom is 0.418 e. The minimum absolute atomic E-state index is 0.0395. The van der Waals surface area contributed by atoms with Crippen LogP contribution in [0.25, 0.3) is 0 Å². The topological polar surface area (TPSA) is 32.3 Å². The average Bonchev–Trinajstić information content (AvgIpc) is 2.64. The van der Waals surface area contributed by atoms with Gasteiger partial charge in [-0.15, -0.1) is 0 Å². The molecule has 144 valence electrons. The third kappa shape index (κ3) is 5.23. The van der Waals surface area contributed by atoms with Gasteiger partial charge in [0.15, 0.2) is 0 Å². The molecular weight excluding hydrogens is 377 g/mol. The highest BCUT2D eigenvalue weighted by atomic mass is 35.5. The van der Waals surface area contributed by atoms with Crippen molar-refractivity contribution in [1.82, 2.24) is 4.90 Å². The van der Waals surface area contributed by atoms with Crippen LogP contribution in [0.5, 0.6) is 0 Å². The molecule has 27 heavy (non-hydrogen) atoms. The van der Waals surface area contributed by atoms with E-state index in [9.17, 15) is 18.0 Å². The van der Waals surface area contributed by atoms with Gasteiger partial charge in [-0.05, 0) is 61.8 Å². The molecule has 1 aliphatic rings. The number of halogens is 4. The molecule has 2 aromatic rings. The number of alkyl halides is 3. The Labute approximate surface area is 161 Å². The van der Waals surface area contributed by atoms with Gasteiger partial charge >= 0.3 is 6.18 Å². The Balaban J connectivity index is 1.70. The van der Waals surface area contributed by atoms with Crippen LogP contribution in [0, 0.1) is 0 Å². The smallest absolute Gasteiger partial charge is 0.321 e. The fourth-order valence-corrected chi connectivity index (χ4v) is 3.36. The molecule has 0 unspecified atom stereocenters. The Morgan fingerprint density at radius 3 is 2.33 bits per heavy atom. The second-order valence-corrected chi connectivity index (χ2v) is 7.11. The predicted octanol–water partition coefficient (Wildman–Crippen LogP) is 5.60. The lowest BCUT2D eigenvalue weighted by Crippen LogP contribution is -2.29. The van der Waals surface area contributed by atoms with Crippen molar-refractivity contribution in [2.75, 3.05) is 18.4 Å². The summed E-state index contributed by atoms with van der Waals surface area (Å²) in [6.07, 6.45) is -0.946. The Morgan fingerprint density at radius 1 is 1.04 bits per heavy atom. The summed E-state index contributed by atoms with van der Waals surface area (Å²) in [5.41, 5.74) is 0.107. The predicted molar refractivity (Wildman–Crippen MR) is 100.0 cm³/mol. The molecule has 2 aromatic carbocycles. The normalized spacial score (nSPS) is 15.6. The highest BCUT2D eigenvalue weighted by Gasteiger charge is 2.34. The Morgan fingerprint density at radius 2 is 1.70 bits per heavy atom. The van der Waals surface area contributed by atoms with E-state index >= 15 is 0 Å². The lowest BCUT2D eigenvalue weighted by Gasteiger charge is -2.26. The van der Waals surface area contributed by atoms with Gasteiger partial charge in [-0.1, -0.05) is 30.2 Å². The summed E-state index contributed by atoms with van der Waals surface area (Å²) in [5.74, 6) is -0.590. The van der Waals surface area contributed by atoms with Crippen LogP contribution in [-0.4, -0.2) is 23.9 Å². The average molecular weight is 397 g/mol. The van der Waals surface area contributed by atoms with Crippen molar-refractivity contribution in [3.8, 4) is 0 Å². The molecule has 0 aliphatic carbocycles. The molecule has 0 radical (unpaired) electrons. The number of carbonyl (C=O) groups is 1. The number of nitrogens with one attached hydrogen (secondary N) is 1. The fourth-order valence-electron chi connectivity index (χ4n) is 3.19. The van der Waals surface area contributed by atoms with E-state index in [1.165, 1.54) is 25.3 Å². The molecule has 1 saturated heterocycles. The molecule has 0 spiro atoms. The van der Waals surface area contributed by atoms with Crippen molar-refractivity contribution in [1.29, 1.82) is 0 Å². The number of benzene rings is 2. The Hall–Kier alpha value is -2.05. The summed E-state index contributed by atoms with van der Waals surface area (Å²) >= 11 is 5.66. The van der Waals surface area contributed by atoms with Crippen molar-refractivity contribution >= 4 is 23.2 Å². The highest BCUT2D eigenvalue weighted by Crippen LogP contribution is 2.36. The van der Waals surface area contributed by atoms with Gasteiger partial charge in [0.05, 0.1) is 11.3 Å². The van der Waals surface area contributed by atoms with Crippen LogP contribution in [0.4, 0.5) is 18.9 Å². The molecule has 0 aromatic heterocycles. The lowest BCUT2D eigenvalue weighted by atomic mass is 10.1. The molecule has 1 N–H and O–H groups in total. The molecule has 0 bridgehead atoms. The number of anilines is 1. The number of nitrogens with zero attached hydrogens (tertiary/aromatic N) is 1. The van der Waals surface area contributed by atoms with E-state index in [1.807, 2.05) is 12.1 Å². The van der Waals surface area contributed by atoms with Crippen LogP contribution in [-0.2, 0) is 12.7 Å². The standard InChI is InChI=1S/C20H20ClF3N2O/c21-16-8-9-18(17(12-16)20(22,23)24)25-19(27)15-6-4-14(5-7-15)13-26-10-2-1-3-11-26/h4-9,12H,1-3,10-11,13H2,(H,25,27). The Bertz CT molecular complexity index is 800. The number of hydrogen-bond donors (Lipinski definition) is 1. The third-order valence-corrected chi connectivity index (χ3v) is 4.84. The monoisotopic (exact) mass is 396 g/mol. The van der Waals surface area contributed by atoms with E-state index in [0.29, 0.717) is 5.56 Å². The summed E-state index contributed by atoms with van der Waals surface area (Å²) in [6, 6.07) is 10.2. The van der Waals surface area contributed by atoms with Crippen molar-refractivity contribution in [3.05, 3.63) is 64.2 Å². The first-order valence-corrected chi connectivity index (χ1v) is 9.20. The second kappa shape index (κ2) is 8.31. The first-order valence-electron chi connectivity index (χ1n) is 8.82. The van der Waals surface area contributed by atoms with Gasteiger partial charge in [-0.25, -0.2) is 0 Å². The molecule has 1 heterocycles. The zero-order valence-corrected chi connectivity index (χ0v) is 15.4. The summed E-state index contributed by atoms with van der Waals surface area (Å²) in [7, 11) is 0. The maximum absolute atomic E-state index is 13.1. The zero-order valence-electron chi connectivity index (χ0n) is 14.7. The molecule has 1 aliphatic heterocycles. The minimum atomic E-state index is -4.61. The summed E-state index contributed by atoms with van der Waals surface area (Å²) in [5, 5.41) is 2.29. The van der Waals surface area contributed by atoms with Gasteiger partial charge in [0.25, 0.3) is 5.91 Å². The number of likely N-dealkylation sites (tertiary alicyclic amines) is 1. The van der Waals surface area contributed by atoms with Gasteiger partial charge in [-0.2, -0.15) is 13.2 Å². The lowest BCUT2D eigenvalue weighted by molar-refractivity contribution is -0.136. The molecule has 0 atom stereocenters. The second-order valence-electron chi connectivity index (χ2n) is 6.68. The fraction of sp³-hybridized carbons (Fsp3) is 0.350. The van der Waals surface area contributed by atoms with Crippen LogP contribution < -0.4 is 5.32 Å². The highest BCUT2D eigenvalue weighted by molar-refractivity contribution is 6.30.